The van der Waals surface area contributed by atoms with E-state index >= 15 is 0 Å². The second kappa shape index (κ2) is 27.5. The van der Waals surface area contributed by atoms with Crippen LogP contribution in [0.3, 0.4) is 0 Å². The first-order valence-electron chi connectivity index (χ1n) is 24.7. The van der Waals surface area contributed by atoms with Gasteiger partial charge in [-0.15, -0.1) is 0 Å². The van der Waals surface area contributed by atoms with Gasteiger partial charge in [0, 0.05) is 0 Å². The molecule has 36 heteroatoms. The molecule has 0 aromatic rings. The van der Waals surface area contributed by atoms with Gasteiger partial charge in [-0.05, 0) is 0 Å². The molecule has 0 aromatic heterocycles. The van der Waals surface area contributed by atoms with Crippen molar-refractivity contribution in [1.29, 1.82) is 0 Å². The number of hydrogen-bond donors (Lipinski definition) is 23. The lowest BCUT2D eigenvalue weighted by Gasteiger charge is -2.50. The van der Waals surface area contributed by atoms with Crippen molar-refractivity contribution in [3.63, 3.8) is 0 Å². The van der Waals surface area contributed by atoms with Crippen LogP contribution in [0.2, 0.25) is 0 Å². The largest absolute Gasteiger partial charge is 0.394 e. The van der Waals surface area contributed by atoms with Gasteiger partial charge in [0.1, 0.15) is 165 Å². The molecule has 0 saturated carbocycles. The van der Waals surface area contributed by atoms with E-state index in [4.69, 9.17) is 67.3 Å². The molecule has 7 rings (SSSR count). The molecular weight excluding hydrogens is 1080 g/mol. The zero-order valence-electron chi connectivity index (χ0n) is 40.9. The Labute approximate surface area is 440 Å². The van der Waals surface area contributed by atoms with Gasteiger partial charge < -0.3 is 180 Å². The summed E-state index contributed by atoms with van der Waals surface area (Å²) in [6.07, 6.45) is -67.3. The third-order valence-corrected chi connectivity index (χ3v) is 14.6. The van der Waals surface area contributed by atoms with Crippen LogP contribution in [0.1, 0.15) is 0 Å². The van der Waals surface area contributed by atoms with Gasteiger partial charge in [0.2, 0.25) is 0 Å². The smallest absolute Gasteiger partial charge is 0.187 e. The average molecular weight is 1150 g/mol. The van der Waals surface area contributed by atoms with Crippen molar-refractivity contribution in [2.45, 2.75) is 215 Å². The van der Waals surface area contributed by atoms with Gasteiger partial charge in [0.15, 0.2) is 44.0 Å². The summed E-state index contributed by atoms with van der Waals surface area (Å²) < 4.78 is 74.4. The molecule has 0 radical (unpaired) electrons. The highest BCUT2D eigenvalue weighted by Gasteiger charge is 2.59. The van der Waals surface area contributed by atoms with Crippen LogP contribution in [0.4, 0.5) is 0 Å². The van der Waals surface area contributed by atoms with E-state index in [1.54, 1.807) is 0 Å². The normalized spacial score (nSPS) is 52.1. The number of aliphatic hydroxyl groups is 22. The van der Waals surface area contributed by atoms with E-state index in [2.05, 4.69) is 0 Å². The second-order valence-corrected chi connectivity index (χ2v) is 19.7. The van der Waals surface area contributed by atoms with Gasteiger partial charge in [-0.3, -0.25) is 0 Å². The highest BCUT2D eigenvalue weighted by atomic mass is 16.8. The maximum atomic E-state index is 11.8. The maximum Gasteiger partial charge on any atom is 0.187 e. The number of rotatable bonds is 21. The van der Waals surface area contributed by atoms with Crippen molar-refractivity contribution < 1.29 is 174 Å². The van der Waals surface area contributed by atoms with Crippen molar-refractivity contribution in [2.75, 3.05) is 46.2 Å². The van der Waals surface area contributed by atoms with Crippen LogP contribution in [-0.4, -0.2) is 373 Å². The first kappa shape index (κ1) is 64.1. The fourth-order valence-corrected chi connectivity index (χ4v) is 9.93. The summed E-state index contributed by atoms with van der Waals surface area (Å²) in [5, 5.41) is 234. The third-order valence-electron chi connectivity index (χ3n) is 14.6. The summed E-state index contributed by atoms with van der Waals surface area (Å²) in [6.45, 7) is -7.03. The minimum atomic E-state index is -2.33. The molecule has 0 amide bonds. The van der Waals surface area contributed by atoms with Crippen molar-refractivity contribution in [3.05, 3.63) is 0 Å². The van der Waals surface area contributed by atoms with Crippen LogP contribution in [0.25, 0.3) is 0 Å². The molecule has 7 fully saturated rings. The zero-order valence-corrected chi connectivity index (χ0v) is 40.9. The Balaban J connectivity index is 1.19. The Hall–Kier alpha value is -1.44. The van der Waals surface area contributed by atoms with E-state index in [1.807, 2.05) is 0 Å². The molecule has 24 N–H and O–H groups in total. The Bertz CT molecular complexity index is 1820. The topological polar surface area (TPSA) is 591 Å². The first-order chi connectivity index (χ1) is 37.0. The minimum Gasteiger partial charge on any atom is -0.394 e. The highest BCUT2D eigenvalue weighted by molar-refractivity contribution is 5.01. The van der Waals surface area contributed by atoms with Crippen LogP contribution >= 0.6 is 0 Å². The molecule has 35 atom stereocenters. The fraction of sp³-hybridized carbons (Fsp3) is 1.00. The maximum absolute atomic E-state index is 11.8. The Kier molecular flexibility index (Phi) is 22.6. The molecule has 456 valence electrons. The van der Waals surface area contributed by atoms with Crippen molar-refractivity contribution >= 4 is 0 Å². The van der Waals surface area contributed by atoms with Crippen LogP contribution in [0.15, 0.2) is 0 Å². The highest BCUT2D eigenvalue weighted by Crippen LogP contribution is 2.39. The molecule has 0 aliphatic carbocycles. The molecule has 78 heavy (non-hydrogen) atoms. The SMILES string of the molecule is N[C@@H]1[C@@H](O)[C@H](O[C@H]2O[C@H](CO[C@H]3O[C@H](CO)[C@@H](O)[C@H](O)[C@@H]3O[C@H]3O[C@H](CO)[C@@H](O)[C@H](O[C@@H]4O[C@@H]([C@H](O)CO)[C@H](O)[C@H]4O)[C@@H]3O[C@H]3O[C@H](CO)[C@@H](O)[C@H](O[C@@H]4O[C@@H]([C@H](O)CO)[C@H](O)[C@H]4O)[C@@H]3O)[C@@H](O)[C@H](O)[C@@H]2O)[C@@H](CO)O[C@@H]1O. The molecule has 0 unspecified atom stereocenters. The molecular formula is C42H73NO35. The van der Waals surface area contributed by atoms with E-state index in [0.717, 1.165) is 0 Å². The van der Waals surface area contributed by atoms with E-state index < -0.39 is 261 Å². The molecule has 7 aliphatic heterocycles. The lowest BCUT2D eigenvalue weighted by Crippen LogP contribution is -2.68. The molecule has 0 aromatic carbocycles. The molecule has 0 spiro atoms. The predicted molar refractivity (Wildman–Crippen MR) is 234 cm³/mol. The summed E-state index contributed by atoms with van der Waals surface area (Å²) in [5.74, 6) is 0. The fourth-order valence-electron chi connectivity index (χ4n) is 9.93. The van der Waals surface area contributed by atoms with Gasteiger partial charge in [-0.1, -0.05) is 0 Å². The standard InChI is InChI=1S/C42H73NO35/c43-15-20(56)31(13(6-49)67-36(15)65)74-37-25(61)21(57)17(53)14(71-37)7-66-41-34(22(58)16(52)10(3-46)69-41)77-42-35(33(19(55)12(5-48)70-42)76-39-27(63)24(60)30(73-39)9(51)2-45)78-40-28(64)32(18(54)11(4-47)68-40)75-38-26(62)23(59)29(72-38)8(50)1-44/h8-42,44-65H,1-7,43H2/t8-,9-,10-,11-,12-,13-,14-,15-,16-,17-,18-,19-,20-,21+,22+,23-,24-,25+,26-,27-,28+,29+,30+,31-,32+,33+,34+,35+,36+,37-,38+,39+,40-,41+,42-/m1/s1. The monoisotopic (exact) mass is 1150 g/mol. The summed E-state index contributed by atoms with van der Waals surface area (Å²) in [7, 11) is 0. The van der Waals surface area contributed by atoms with E-state index in [-0.39, 0.29) is 0 Å². The Morgan fingerprint density at radius 2 is 0.718 bits per heavy atom. The minimum absolute atomic E-state index is 0.871. The lowest BCUT2D eigenvalue weighted by atomic mass is 9.95. The van der Waals surface area contributed by atoms with Crippen molar-refractivity contribution in [2.24, 2.45) is 5.73 Å². The zero-order chi connectivity index (χ0) is 57.3. The third kappa shape index (κ3) is 13.1. The molecule has 7 saturated heterocycles. The summed E-state index contributed by atoms with van der Waals surface area (Å²) >= 11 is 0. The first-order valence-corrected chi connectivity index (χ1v) is 24.7. The van der Waals surface area contributed by atoms with Gasteiger partial charge >= 0.3 is 0 Å². The van der Waals surface area contributed by atoms with Crippen molar-refractivity contribution in [3.8, 4) is 0 Å². The number of hydrogen-bond acceptors (Lipinski definition) is 36. The second-order valence-electron chi connectivity index (χ2n) is 19.7. The predicted octanol–water partition coefficient (Wildman–Crippen LogP) is -16.3. The Morgan fingerprint density at radius 3 is 1.26 bits per heavy atom. The summed E-state index contributed by atoms with van der Waals surface area (Å²) in [5.41, 5.74) is 5.79. The van der Waals surface area contributed by atoms with Crippen molar-refractivity contribution in [1.82, 2.24) is 0 Å². The van der Waals surface area contributed by atoms with E-state index in [9.17, 15) is 112 Å². The number of ether oxygens (including phenoxy) is 13. The molecule has 0 bridgehead atoms. The van der Waals surface area contributed by atoms with Crippen LogP contribution in [-0.2, 0) is 61.6 Å². The Morgan fingerprint density at radius 1 is 0.321 bits per heavy atom. The average Bonchev–Trinajstić information content (AvgIpc) is 3.98. The molecule has 7 aliphatic rings. The van der Waals surface area contributed by atoms with Gasteiger partial charge in [0.05, 0.1) is 52.3 Å². The molecule has 36 nitrogen and oxygen atoms in total. The lowest BCUT2D eigenvalue weighted by molar-refractivity contribution is -0.407. The van der Waals surface area contributed by atoms with Gasteiger partial charge in [0.25, 0.3) is 0 Å². The van der Waals surface area contributed by atoms with E-state index in [1.165, 1.54) is 0 Å². The van der Waals surface area contributed by atoms with Crippen LogP contribution < -0.4 is 5.73 Å². The number of aliphatic hydroxyl groups excluding tert-OH is 22. The van der Waals surface area contributed by atoms with Crippen LogP contribution in [0.5, 0.6) is 0 Å². The quantitative estimate of drug-likeness (QED) is 0.0507. The van der Waals surface area contributed by atoms with Crippen LogP contribution in [0, 0.1) is 0 Å². The number of nitrogens with two attached hydrogens (primary N) is 1. The summed E-state index contributed by atoms with van der Waals surface area (Å²) in [4.78, 5) is 0. The van der Waals surface area contributed by atoms with Gasteiger partial charge in [-0.25, -0.2) is 0 Å². The summed E-state index contributed by atoms with van der Waals surface area (Å²) in [6, 6.07) is -1.51. The van der Waals surface area contributed by atoms with Gasteiger partial charge in [-0.2, -0.15) is 0 Å². The molecule has 7 heterocycles. The van der Waals surface area contributed by atoms with E-state index in [0.29, 0.717) is 0 Å².